The number of nitrogens with one attached hydrogen (secondary N) is 1. The summed E-state index contributed by atoms with van der Waals surface area (Å²) in [5.74, 6) is -1.89. The summed E-state index contributed by atoms with van der Waals surface area (Å²) in [6, 6.07) is 2.11. The summed E-state index contributed by atoms with van der Waals surface area (Å²) in [4.78, 5) is 36.0. The molecule has 0 spiro atoms. The van der Waals surface area contributed by atoms with Crippen LogP contribution >= 0.6 is 0 Å². The summed E-state index contributed by atoms with van der Waals surface area (Å²) in [5.41, 5.74) is 0.800. The van der Waals surface area contributed by atoms with Gasteiger partial charge in [-0.05, 0) is 37.5 Å². The van der Waals surface area contributed by atoms with Crippen LogP contribution in [0, 0.1) is 19.8 Å². The third-order valence-corrected chi connectivity index (χ3v) is 4.81. The lowest BCUT2D eigenvalue weighted by Gasteiger charge is -2.20. The van der Waals surface area contributed by atoms with Crippen LogP contribution in [0.2, 0.25) is 0 Å². The normalized spacial score (nSPS) is 13.4. The maximum Gasteiger partial charge on any atom is 0.340 e. The highest BCUT2D eigenvalue weighted by molar-refractivity contribution is 5.88. The van der Waals surface area contributed by atoms with Gasteiger partial charge in [0, 0.05) is 10.9 Å². The summed E-state index contributed by atoms with van der Waals surface area (Å²) in [7, 11) is 0. The minimum atomic E-state index is -1.11. The van der Waals surface area contributed by atoms with Gasteiger partial charge in [0.05, 0.1) is 12.0 Å². The first-order chi connectivity index (χ1) is 12.2. The molecule has 140 valence electrons. The number of hydrogen-bond acceptors (Lipinski definition) is 5. The van der Waals surface area contributed by atoms with Crippen molar-refractivity contribution in [1.29, 1.82) is 0 Å². The van der Waals surface area contributed by atoms with Crippen LogP contribution in [-0.2, 0) is 16.0 Å². The van der Waals surface area contributed by atoms with Crippen LogP contribution in [0.4, 0.5) is 0 Å². The third kappa shape index (κ3) is 3.71. The van der Waals surface area contributed by atoms with Crippen molar-refractivity contribution in [3.8, 4) is 5.75 Å². The lowest BCUT2D eigenvalue weighted by Crippen LogP contribution is -2.45. The molecule has 2 rings (SSSR count). The molecule has 1 heterocycles. The zero-order valence-electron chi connectivity index (χ0n) is 15.3. The summed E-state index contributed by atoms with van der Waals surface area (Å²) < 4.78 is 5.30. The van der Waals surface area contributed by atoms with E-state index < -0.39 is 23.5 Å². The number of carbonyl (C=O) groups excluding carboxylic acids is 1. The SMILES string of the molecule is CC[C@H](C)[C@@H](NC(=O)Cc1c(C)c2ccc(O)c(C)c2oc1=O)C(=O)O. The highest BCUT2D eigenvalue weighted by Gasteiger charge is 2.26. The second kappa shape index (κ2) is 7.59. The van der Waals surface area contributed by atoms with Crippen LogP contribution < -0.4 is 10.9 Å². The summed E-state index contributed by atoms with van der Waals surface area (Å²) in [6.07, 6.45) is 0.321. The minimum Gasteiger partial charge on any atom is -0.508 e. The van der Waals surface area contributed by atoms with Gasteiger partial charge in [0.1, 0.15) is 17.4 Å². The van der Waals surface area contributed by atoms with Gasteiger partial charge in [-0.15, -0.1) is 0 Å². The fourth-order valence-corrected chi connectivity index (χ4v) is 2.85. The second-order valence-corrected chi connectivity index (χ2v) is 6.53. The molecule has 2 atom stereocenters. The van der Waals surface area contributed by atoms with E-state index in [1.807, 2.05) is 6.92 Å². The van der Waals surface area contributed by atoms with Gasteiger partial charge in [0.15, 0.2) is 0 Å². The number of rotatable bonds is 6. The smallest absolute Gasteiger partial charge is 0.340 e. The van der Waals surface area contributed by atoms with Crippen molar-refractivity contribution in [2.45, 2.75) is 46.6 Å². The molecule has 0 aliphatic heterocycles. The molecule has 0 aliphatic carbocycles. The Balaban J connectivity index is 2.36. The summed E-state index contributed by atoms with van der Waals surface area (Å²) >= 11 is 0. The van der Waals surface area contributed by atoms with Gasteiger partial charge in [-0.1, -0.05) is 20.3 Å². The molecule has 2 aromatic rings. The molecule has 3 N–H and O–H groups in total. The van der Waals surface area contributed by atoms with Gasteiger partial charge in [-0.25, -0.2) is 9.59 Å². The number of fused-ring (bicyclic) bond motifs is 1. The van der Waals surface area contributed by atoms with Gasteiger partial charge in [0.2, 0.25) is 5.91 Å². The van der Waals surface area contributed by atoms with Crippen molar-refractivity contribution >= 4 is 22.8 Å². The molecular weight excluding hydrogens is 338 g/mol. The fourth-order valence-electron chi connectivity index (χ4n) is 2.85. The molecule has 0 radical (unpaired) electrons. The van der Waals surface area contributed by atoms with Crippen LogP contribution in [0.15, 0.2) is 21.3 Å². The fraction of sp³-hybridized carbons (Fsp3) is 0.421. The number of aliphatic carboxylic acids is 1. The number of hydrogen-bond donors (Lipinski definition) is 3. The van der Waals surface area contributed by atoms with Gasteiger partial charge in [-0.3, -0.25) is 4.79 Å². The van der Waals surface area contributed by atoms with E-state index in [0.29, 0.717) is 22.9 Å². The van der Waals surface area contributed by atoms with Crippen molar-refractivity contribution in [2.24, 2.45) is 5.92 Å². The van der Waals surface area contributed by atoms with Crippen LogP contribution in [-0.4, -0.2) is 28.1 Å². The molecular formula is C19H23NO6. The minimum absolute atomic E-state index is 0.0170. The maximum atomic E-state index is 12.3. The van der Waals surface area contributed by atoms with E-state index >= 15 is 0 Å². The van der Waals surface area contributed by atoms with Crippen LogP contribution in [0.1, 0.15) is 37.0 Å². The molecule has 1 aromatic heterocycles. The number of carbonyl (C=O) groups is 2. The average Bonchev–Trinajstić information content (AvgIpc) is 2.59. The molecule has 7 nitrogen and oxygen atoms in total. The Morgan fingerprint density at radius 2 is 1.88 bits per heavy atom. The molecule has 1 aromatic carbocycles. The average molecular weight is 361 g/mol. The number of aromatic hydroxyl groups is 1. The Hall–Kier alpha value is -2.83. The topological polar surface area (TPSA) is 117 Å². The number of benzene rings is 1. The first-order valence-electron chi connectivity index (χ1n) is 8.44. The highest BCUT2D eigenvalue weighted by atomic mass is 16.4. The monoisotopic (exact) mass is 361 g/mol. The first-order valence-corrected chi connectivity index (χ1v) is 8.44. The van der Waals surface area contributed by atoms with E-state index in [1.54, 1.807) is 26.8 Å². The lowest BCUT2D eigenvalue weighted by molar-refractivity contribution is -0.143. The quantitative estimate of drug-likeness (QED) is 0.680. The van der Waals surface area contributed by atoms with E-state index in [9.17, 15) is 24.6 Å². The van der Waals surface area contributed by atoms with Gasteiger partial charge >= 0.3 is 11.6 Å². The number of carboxylic acid groups (broad SMARTS) is 1. The van der Waals surface area contributed by atoms with Crippen molar-refractivity contribution in [2.75, 3.05) is 0 Å². The van der Waals surface area contributed by atoms with Crippen LogP contribution in [0.5, 0.6) is 5.75 Å². The molecule has 0 fully saturated rings. The molecule has 0 bridgehead atoms. The van der Waals surface area contributed by atoms with Crippen LogP contribution in [0.3, 0.4) is 0 Å². The Morgan fingerprint density at radius 3 is 2.46 bits per heavy atom. The van der Waals surface area contributed by atoms with Crippen molar-refractivity contribution < 1.29 is 24.2 Å². The van der Waals surface area contributed by atoms with Gasteiger partial charge in [-0.2, -0.15) is 0 Å². The van der Waals surface area contributed by atoms with Crippen molar-refractivity contribution in [3.63, 3.8) is 0 Å². The lowest BCUT2D eigenvalue weighted by atomic mass is 9.98. The Labute approximate surface area is 150 Å². The Bertz CT molecular complexity index is 914. The van der Waals surface area contributed by atoms with E-state index in [0.717, 1.165) is 0 Å². The number of phenols is 1. The molecule has 26 heavy (non-hydrogen) atoms. The second-order valence-electron chi connectivity index (χ2n) is 6.53. The zero-order valence-corrected chi connectivity index (χ0v) is 15.3. The summed E-state index contributed by atoms with van der Waals surface area (Å²) in [6.45, 7) is 6.91. The molecule has 1 amide bonds. The first kappa shape index (κ1) is 19.5. The number of phenolic OH excluding ortho intramolecular Hbond substituents is 1. The molecule has 0 unspecified atom stereocenters. The predicted molar refractivity (Wildman–Crippen MR) is 96.3 cm³/mol. The van der Waals surface area contributed by atoms with E-state index in [1.165, 1.54) is 6.07 Å². The third-order valence-electron chi connectivity index (χ3n) is 4.81. The molecule has 7 heteroatoms. The molecule has 0 saturated carbocycles. The number of amides is 1. The van der Waals surface area contributed by atoms with E-state index in [-0.39, 0.29) is 29.2 Å². The van der Waals surface area contributed by atoms with Gasteiger partial charge in [0.25, 0.3) is 0 Å². The van der Waals surface area contributed by atoms with Crippen molar-refractivity contribution in [1.82, 2.24) is 5.32 Å². The number of aryl methyl sites for hydroxylation is 2. The van der Waals surface area contributed by atoms with Crippen LogP contribution in [0.25, 0.3) is 11.0 Å². The van der Waals surface area contributed by atoms with Crippen molar-refractivity contribution in [3.05, 3.63) is 39.2 Å². The Morgan fingerprint density at radius 1 is 1.23 bits per heavy atom. The zero-order chi connectivity index (χ0) is 19.6. The molecule has 0 saturated heterocycles. The number of carboxylic acids is 1. The van der Waals surface area contributed by atoms with E-state index in [2.05, 4.69) is 5.32 Å². The van der Waals surface area contributed by atoms with Gasteiger partial charge < -0.3 is 19.9 Å². The largest absolute Gasteiger partial charge is 0.508 e. The van der Waals surface area contributed by atoms with E-state index in [4.69, 9.17) is 4.42 Å². The summed E-state index contributed by atoms with van der Waals surface area (Å²) in [5, 5.41) is 22.1. The standard InChI is InChI=1S/C19H23NO6/c1-5-9(2)16(18(23)24)20-15(22)8-13-10(3)12-6-7-14(21)11(4)17(12)26-19(13)25/h6-7,9,16,21H,5,8H2,1-4H3,(H,20,22)(H,23,24)/t9-,16+/m0/s1. The maximum absolute atomic E-state index is 12.3. The highest BCUT2D eigenvalue weighted by Crippen LogP contribution is 2.28. The molecule has 0 aliphatic rings. The Kier molecular flexibility index (Phi) is 5.69. The predicted octanol–water partition coefficient (Wildman–Crippen LogP) is 2.27.